The third kappa shape index (κ3) is 4.65. The minimum atomic E-state index is -0.482. The summed E-state index contributed by atoms with van der Waals surface area (Å²) in [6.07, 6.45) is 0.578. The van der Waals surface area contributed by atoms with E-state index in [-0.39, 0.29) is 24.6 Å². The highest BCUT2D eigenvalue weighted by Crippen LogP contribution is 2.12. The fraction of sp³-hybridized carbons (Fsp3) is 0.208. The van der Waals surface area contributed by atoms with Crippen molar-refractivity contribution < 1.29 is 9.53 Å². The van der Waals surface area contributed by atoms with Crippen LogP contribution >= 0.6 is 11.3 Å². The van der Waals surface area contributed by atoms with Crippen LogP contribution in [-0.2, 0) is 30.8 Å². The van der Waals surface area contributed by atoms with Crippen molar-refractivity contribution >= 4 is 28.1 Å². The molecular weight excluding hydrogens is 426 g/mol. The van der Waals surface area contributed by atoms with E-state index in [9.17, 15) is 14.4 Å². The van der Waals surface area contributed by atoms with Gasteiger partial charge < -0.3 is 10.1 Å². The molecule has 32 heavy (non-hydrogen) atoms. The van der Waals surface area contributed by atoms with Crippen LogP contribution in [0.2, 0.25) is 0 Å². The summed E-state index contributed by atoms with van der Waals surface area (Å²) in [6, 6.07) is 18.2. The maximum absolute atomic E-state index is 13.2. The van der Waals surface area contributed by atoms with Gasteiger partial charge >= 0.3 is 5.69 Å². The van der Waals surface area contributed by atoms with Crippen molar-refractivity contribution in [1.29, 1.82) is 0 Å². The Morgan fingerprint density at radius 2 is 1.78 bits per heavy atom. The number of aryl methyl sites for hydroxylation is 1. The van der Waals surface area contributed by atoms with Crippen LogP contribution in [0.4, 0.5) is 0 Å². The number of thiophene rings is 1. The fourth-order valence-electron chi connectivity index (χ4n) is 3.54. The van der Waals surface area contributed by atoms with Gasteiger partial charge in [-0.25, -0.2) is 4.79 Å². The van der Waals surface area contributed by atoms with E-state index in [2.05, 4.69) is 5.32 Å². The summed E-state index contributed by atoms with van der Waals surface area (Å²) in [5.74, 6) is 0.430. The third-order valence-electron chi connectivity index (χ3n) is 5.24. The molecule has 0 aliphatic rings. The maximum atomic E-state index is 13.2. The van der Waals surface area contributed by atoms with Crippen molar-refractivity contribution in [2.75, 3.05) is 7.11 Å². The van der Waals surface area contributed by atoms with E-state index < -0.39 is 5.69 Å². The summed E-state index contributed by atoms with van der Waals surface area (Å²) in [5, 5.41) is 5.22. The van der Waals surface area contributed by atoms with Crippen LogP contribution in [0, 0.1) is 0 Å². The summed E-state index contributed by atoms with van der Waals surface area (Å²) in [7, 11) is 1.60. The Labute approximate surface area is 188 Å². The molecule has 0 unspecified atom stereocenters. The summed E-state index contributed by atoms with van der Waals surface area (Å²) >= 11 is 1.58. The van der Waals surface area contributed by atoms with E-state index >= 15 is 0 Å². The zero-order chi connectivity index (χ0) is 22.5. The summed E-state index contributed by atoms with van der Waals surface area (Å²) < 4.78 is 7.73. The van der Waals surface area contributed by atoms with Crippen molar-refractivity contribution in [3.8, 4) is 5.75 Å². The van der Waals surface area contributed by atoms with Gasteiger partial charge in [-0.2, -0.15) is 0 Å². The lowest BCUT2D eigenvalue weighted by molar-refractivity contribution is -0.121. The Balaban J connectivity index is 1.58. The molecule has 0 aliphatic carbocycles. The third-order valence-corrected chi connectivity index (χ3v) is 6.18. The summed E-state index contributed by atoms with van der Waals surface area (Å²) in [6.45, 7) is 0.415. The minimum absolute atomic E-state index is 0.172. The number of hydrogen-bond acceptors (Lipinski definition) is 5. The van der Waals surface area contributed by atoms with Crippen molar-refractivity contribution in [1.82, 2.24) is 14.5 Å². The Hall–Kier alpha value is -3.65. The first-order valence-corrected chi connectivity index (χ1v) is 11.1. The topological polar surface area (TPSA) is 82.3 Å². The molecule has 0 fully saturated rings. The number of para-hydroxylation sites is 1. The average Bonchev–Trinajstić information content (AvgIpc) is 3.34. The lowest BCUT2D eigenvalue weighted by atomic mass is 10.2. The van der Waals surface area contributed by atoms with Gasteiger partial charge in [0, 0.05) is 18.0 Å². The smallest absolute Gasteiger partial charge is 0.331 e. The van der Waals surface area contributed by atoms with Crippen LogP contribution in [0.1, 0.15) is 10.4 Å². The molecule has 0 atom stereocenters. The van der Waals surface area contributed by atoms with Crippen LogP contribution < -0.4 is 21.3 Å². The zero-order valence-electron chi connectivity index (χ0n) is 17.6. The van der Waals surface area contributed by atoms with E-state index in [0.717, 1.165) is 16.2 Å². The maximum Gasteiger partial charge on any atom is 0.331 e. The lowest BCUT2D eigenvalue weighted by Gasteiger charge is -2.14. The second-order valence-electron chi connectivity index (χ2n) is 7.30. The van der Waals surface area contributed by atoms with Crippen molar-refractivity contribution in [3.05, 3.63) is 97.3 Å². The number of carbonyl (C=O) groups excluding carboxylic acids is 1. The van der Waals surface area contributed by atoms with Crippen LogP contribution in [0.5, 0.6) is 5.75 Å². The Morgan fingerprint density at radius 1 is 1.00 bits per heavy atom. The number of benzene rings is 2. The number of carbonyl (C=O) groups is 1. The molecule has 0 bridgehead atoms. The Bertz CT molecular complexity index is 1340. The summed E-state index contributed by atoms with van der Waals surface area (Å²) in [4.78, 5) is 39.9. The summed E-state index contributed by atoms with van der Waals surface area (Å²) in [5.41, 5.74) is 0.550. The van der Waals surface area contributed by atoms with E-state index in [1.54, 1.807) is 42.7 Å². The molecule has 2 aromatic carbocycles. The number of rotatable bonds is 8. The van der Waals surface area contributed by atoms with Gasteiger partial charge in [-0.3, -0.25) is 18.7 Å². The van der Waals surface area contributed by atoms with Crippen LogP contribution in [0.3, 0.4) is 0 Å². The first kappa shape index (κ1) is 21.6. The highest BCUT2D eigenvalue weighted by molar-refractivity contribution is 7.09. The van der Waals surface area contributed by atoms with Gasteiger partial charge in [0.2, 0.25) is 5.91 Å². The van der Waals surface area contributed by atoms with Gasteiger partial charge in [0.1, 0.15) is 12.3 Å². The van der Waals surface area contributed by atoms with Gasteiger partial charge in [-0.05, 0) is 47.7 Å². The predicted octanol–water partition coefficient (Wildman–Crippen LogP) is 2.79. The van der Waals surface area contributed by atoms with E-state index in [0.29, 0.717) is 23.9 Å². The minimum Gasteiger partial charge on any atom is -0.497 e. The SMILES string of the molecule is COc1ccc(CNC(=O)Cn2c(=O)n(CCc3cccs3)c(=O)c3ccccc32)cc1. The molecule has 1 amide bonds. The van der Waals surface area contributed by atoms with Gasteiger partial charge in [-0.1, -0.05) is 30.3 Å². The second-order valence-corrected chi connectivity index (χ2v) is 8.33. The number of fused-ring (bicyclic) bond motifs is 1. The number of nitrogens with zero attached hydrogens (tertiary/aromatic N) is 2. The number of amides is 1. The number of hydrogen-bond donors (Lipinski definition) is 1. The molecule has 0 radical (unpaired) electrons. The van der Waals surface area contributed by atoms with Crippen LogP contribution in [-0.4, -0.2) is 22.2 Å². The van der Waals surface area contributed by atoms with Crippen molar-refractivity contribution in [2.45, 2.75) is 26.1 Å². The van der Waals surface area contributed by atoms with E-state index in [1.165, 1.54) is 9.13 Å². The first-order valence-electron chi connectivity index (χ1n) is 10.2. The largest absolute Gasteiger partial charge is 0.497 e. The van der Waals surface area contributed by atoms with E-state index in [1.807, 2.05) is 41.8 Å². The van der Waals surface area contributed by atoms with Gasteiger partial charge in [-0.15, -0.1) is 11.3 Å². The molecular formula is C24H23N3O4S. The molecule has 0 spiro atoms. The monoisotopic (exact) mass is 449 g/mol. The lowest BCUT2D eigenvalue weighted by Crippen LogP contribution is -2.42. The molecule has 8 heteroatoms. The molecule has 7 nitrogen and oxygen atoms in total. The molecule has 4 rings (SSSR count). The molecule has 2 heterocycles. The Morgan fingerprint density at radius 3 is 2.50 bits per heavy atom. The number of methoxy groups -OCH3 is 1. The fourth-order valence-corrected chi connectivity index (χ4v) is 4.24. The van der Waals surface area contributed by atoms with Crippen LogP contribution in [0.25, 0.3) is 10.9 Å². The number of nitrogens with one attached hydrogen (secondary N) is 1. The normalized spacial score (nSPS) is 10.9. The number of aromatic nitrogens is 2. The van der Waals surface area contributed by atoms with Gasteiger partial charge in [0.25, 0.3) is 5.56 Å². The standard InChI is InChI=1S/C24H23N3O4S/c1-31-18-10-8-17(9-11-18)15-25-22(28)16-27-21-7-3-2-6-20(21)23(29)26(24(27)30)13-12-19-5-4-14-32-19/h2-11,14H,12-13,15-16H2,1H3,(H,25,28). The van der Waals surface area contributed by atoms with Crippen LogP contribution in [0.15, 0.2) is 75.6 Å². The molecule has 2 aromatic heterocycles. The van der Waals surface area contributed by atoms with E-state index in [4.69, 9.17) is 4.74 Å². The first-order chi connectivity index (χ1) is 15.6. The molecule has 164 valence electrons. The average molecular weight is 450 g/mol. The second kappa shape index (κ2) is 9.65. The highest BCUT2D eigenvalue weighted by Gasteiger charge is 2.15. The molecule has 0 aliphatic heterocycles. The van der Waals surface area contributed by atoms with Crippen molar-refractivity contribution in [2.24, 2.45) is 0 Å². The van der Waals surface area contributed by atoms with Crippen molar-refractivity contribution in [3.63, 3.8) is 0 Å². The molecule has 4 aromatic rings. The number of ether oxygens (including phenoxy) is 1. The molecule has 0 saturated carbocycles. The molecule has 1 N–H and O–H groups in total. The van der Waals surface area contributed by atoms with Gasteiger partial charge in [0.15, 0.2) is 0 Å². The molecule has 0 saturated heterocycles. The zero-order valence-corrected chi connectivity index (χ0v) is 18.4. The van der Waals surface area contributed by atoms with Gasteiger partial charge in [0.05, 0.1) is 18.0 Å². The quantitative estimate of drug-likeness (QED) is 0.449. The highest BCUT2D eigenvalue weighted by atomic mass is 32.1. The predicted molar refractivity (Wildman–Crippen MR) is 125 cm³/mol. The Kier molecular flexibility index (Phi) is 6.51.